The van der Waals surface area contributed by atoms with Gasteiger partial charge in [0, 0.05) is 23.9 Å². The van der Waals surface area contributed by atoms with Crippen molar-refractivity contribution in [2.24, 2.45) is 5.92 Å². The summed E-state index contributed by atoms with van der Waals surface area (Å²) < 4.78 is 0. The monoisotopic (exact) mass is 300 g/mol. The maximum Gasteiger partial charge on any atom is 0.224 e. The van der Waals surface area contributed by atoms with Crippen LogP contribution < -0.4 is 5.32 Å². The van der Waals surface area contributed by atoms with Crippen LogP contribution in [0.15, 0.2) is 0 Å². The first kappa shape index (κ1) is 16.1. The van der Waals surface area contributed by atoms with Gasteiger partial charge >= 0.3 is 0 Å². The summed E-state index contributed by atoms with van der Waals surface area (Å²) in [6.45, 7) is 5.13. The Morgan fingerprint density at radius 1 is 1.15 bits per heavy atom. The molecule has 1 atom stereocenters. The van der Waals surface area contributed by atoms with E-state index in [1.807, 2.05) is 6.92 Å². The Labute approximate surface area is 128 Å². The maximum absolute atomic E-state index is 12.0. The first-order valence-corrected chi connectivity index (χ1v) is 8.80. The largest absolute Gasteiger partial charge is 0.354 e. The quantitative estimate of drug-likeness (QED) is 0.791. The van der Waals surface area contributed by atoms with Gasteiger partial charge in [-0.2, -0.15) is 0 Å². The molecule has 1 saturated carbocycles. The molecule has 3 nitrogen and oxygen atoms in total. The average Bonchev–Trinajstić information content (AvgIpc) is 2.53. The molecule has 0 aromatic rings. The lowest BCUT2D eigenvalue weighted by molar-refractivity contribution is -0.124. The zero-order valence-electron chi connectivity index (χ0n) is 12.8. The van der Waals surface area contributed by atoms with Gasteiger partial charge in [0.1, 0.15) is 0 Å². The molecule has 0 radical (unpaired) electrons. The molecule has 0 aromatic carbocycles. The SMILES string of the molecule is CC(CCl)C(=O)NCC1(N2CCCCC2)CCCCC1. The van der Waals surface area contributed by atoms with Crippen molar-refractivity contribution in [2.45, 2.75) is 63.8 Å². The standard InChI is InChI=1S/C16H29ClN2O/c1-14(12-17)15(20)18-13-16(8-4-2-5-9-16)19-10-6-3-7-11-19/h14H,2-13H2,1H3,(H,18,20). The lowest BCUT2D eigenvalue weighted by Gasteiger charge is -2.48. The Morgan fingerprint density at radius 2 is 1.75 bits per heavy atom. The van der Waals surface area contributed by atoms with Crippen molar-refractivity contribution in [3.05, 3.63) is 0 Å². The summed E-state index contributed by atoms with van der Waals surface area (Å²) in [5.74, 6) is 0.434. The number of nitrogens with zero attached hydrogens (tertiary/aromatic N) is 1. The number of halogens is 1. The van der Waals surface area contributed by atoms with Crippen molar-refractivity contribution < 1.29 is 4.79 Å². The summed E-state index contributed by atoms with van der Waals surface area (Å²) in [5.41, 5.74) is 0.223. The van der Waals surface area contributed by atoms with Gasteiger partial charge in [0.2, 0.25) is 5.91 Å². The Morgan fingerprint density at radius 3 is 2.35 bits per heavy atom. The van der Waals surface area contributed by atoms with E-state index >= 15 is 0 Å². The minimum absolute atomic E-state index is 0.0846. The molecule has 116 valence electrons. The number of hydrogen-bond donors (Lipinski definition) is 1. The zero-order chi connectivity index (χ0) is 14.4. The molecule has 1 unspecified atom stereocenters. The molecule has 2 aliphatic rings. The number of amides is 1. The van der Waals surface area contributed by atoms with Crippen molar-refractivity contribution in [3.8, 4) is 0 Å². The number of alkyl halides is 1. The van der Waals surface area contributed by atoms with Crippen molar-refractivity contribution >= 4 is 17.5 Å². The Kier molecular flexibility index (Phi) is 6.16. The van der Waals surface area contributed by atoms with Crippen molar-refractivity contribution in [2.75, 3.05) is 25.5 Å². The normalized spacial score (nSPS) is 25.1. The molecular weight excluding hydrogens is 272 g/mol. The van der Waals surface area contributed by atoms with E-state index in [0.29, 0.717) is 5.88 Å². The predicted octanol–water partition coefficient (Wildman–Crippen LogP) is 3.17. The summed E-state index contributed by atoms with van der Waals surface area (Å²) in [4.78, 5) is 14.7. The number of rotatable bonds is 5. The highest BCUT2D eigenvalue weighted by Crippen LogP contribution is 2.35. The summed E-state index contributed by atoms with van der Waals surface area (Å²) in [5, 5.41) is 3.18. The third-order valence-electron chi connectivity index (χ3n) is 5.08. The van der Waals surface area contributed by atoms with Crippen LogP contribution >= 0.6 is 11.6 Å². The van der Waals surface area contributed by atoms with Crippen molar-refractivity contribution in [1.82, 2.24) is 10.2 Å². The number of nitrogens with one attached hydrogen (secondary N) is 1. The number of carbonyl (C=O) groups excluding carboxylic acids is 1. The molecule has 1 saturated heterocycles. The second-order valence-corrected chi connectivity index (χ2v) is 6.91. The van der Waals surface area contributed by atoms with Crippen LogP contribution in [0.1, 0.15) is 58.3 Å². The van der Waals surface area contributed by atoms with Gasteiger partial charge in [-0.1, -0.05) is 32.6 Å². The molecule has 20 heavy (non-hydrogen) atoms. The number of likely N-dealkylation sites (tertiary alicyclic amines) is 1. The lowest BCUT2D eigenvalue weighted by Crippen LogP contribution is -2.58. The van der Waals surface area contributed by atoms with Crippen LogP contribution in [0.25, 0.3) is 0 Å². The summed E-state index contributed by atoms with van der Waals surface area (Å²) in [6.07, 6.45) is 10.4. The van der Waals surface area contributed by atoms with Crippen LogP contribution in [-0.4, -0.2) is 41.9 Å². The zero-order valence-corrected chi connectivity index (χ0v) is 13.6. The van der Waals surface area contributed by atoms with E-state index in [2.05, 4.69) is 10.2 Å². The van der Waals surface area contributed by atoms with Gasteiger partial charge in [0.05, 0.1) is 0 Å². The van der Waals surface area contributed by atoms with Crippen LogP contribution in [0.2, 0.25) is 0 Å². The molecule has 1 heterocycles. The second-order valence-electron chi connectivity index (χ2n) is 6.61. The summed E-state index contributed by atoms with van der Waals surface area (Å²) in [6, 6.07) is 0. The fourth-order valence-corrected chi connectivity index (χ4v) is 3.82. The molecule has 0 aromatic heterocycles. The predicted molar refractivity (Wildman–Crippen MR) is 84.1 cm³/mol. The van der Waals surface area contributed by atoms with Crippen molar-refractivity contribution in [3.63, 3.8) is 0 Å². The molecule has 4 heteroatoms. The highest BCUT2D eigenvalue weighted by Gasteiger charge is 2.38. The summed E-state index contributed by atoms with van der Waals surface area (Å²) >= 11 is 5.78. The molecule has 1 amide bonds. The van der Waals surface area contributed by atoms with Crippen LogP contribution in [-0.2, 0) is 4.79 Å². The average molecular weight is 301 g/mol. The molecule has 1 N–H and O–H groups in total. The number of carbonyl (C=O) groups is 1. The van der Waals surface area contributed by atoms with Gasteiger partial charge in [0.25, 0.3) is 0 Å². The highest BCUT2D eigenvalue weighted by molar-refractivity contribution is 6.19. The van der Waals surface area contributed by atoms with E-state index in [9.17, 15) is 4.79 Å². The van der Waals surface area contributed by atoms with Crippen LogP contribution in [0, 0.1) is 5.92 Å². The van der Waals surface area contributed by atoms with E-state index in [1.54, 1.807) is 0 Å². The Balaban J connectivity index is 1.97. The Hall–Kier alpha value is -0.280. The van der Waals surface area contributed by atoms with E-state index in [4.69, 9.17) is 11.6 Å². The van der Waals surface area contributed by atoms with Crippen LogP contribution in [0.5, 0.6) is 0 Å². The summed E-state index contributed by atoms with van der Waals surface area (Å²) in [7, 11) is 0. The second kappa shape index (κ2) is 7.65. The third kappa shape index (κ3) is 3.88. The fraction of sp³-hybridized carbons (Fsp3) is 0.938. The van der Waals surface area contributed by atoms with Crippen LogP contribution in [0.3, 0.4) is 0 Å². The molecule has 2 rings (SSSR count). The minimum atomic E-state index is -0.0846. The smallest absolute Gasteiger partial charge is 0.224 e. The fourth-order valence-electron chi connectivity index (χ4n) is 3.68. The lowest BCUT2D eigenvalue weighted by atomic mass is 9.79. The first-order valence-electron chi connectivity index (χ1n) is 8.27. The van der Waals surface area contributed by atoms with Gasteiger partial charge in [-0.05, 0) is 38.8 Å². The van der Waals surface area contributed by atoms with E-state index in [-0.39, 0.29) is 17.4 Å². The topological polar surface area (TPSA) is 32.3 Å². The molecule has 2 fully saturated rings. The van der Waals surface area contributed by atoms with Gasteiger partial charge in [-0.15, -0.1) is 11.6 Å². The van der Waals surface area contributed by atoms with E-state index < -0.39 is 0 Å². The third-order valence-corrected chi connectivity index (χ3v) is 5.54. The van der Waals surface area contributed by atoms with Gasteiger partial charge < -0.3 is 5.32 Å². The van der Waals surface area contributed by atoms with Crippen LogP contribution in [0.4, 0.5) is 0 Å². The molecule has 0 bridgehead atoms. The minimum Gasteiger partial charge on any atom is -0.354 e. The highest BCUT2D eigenvalue weighted by atomic mass is 35.5. The van der Waals surface area contributed by atoms with Gasteiger partial charge in [-0.3, -0.25) is 9.69 Å². The number of hydrogen-bond acceptors (Lipinski definition) is 2. The van der Waals surface area contributed by atoms with E-state index in [1.165, 1.54) is 64.5 Å². The molecule has 0 spiro atoms. The number of piperidine rings is 1. The Bertz CT molecular complexity index is 310. The van der Waals surface area contributed by atoms with Crippen molar-refractivity contribution in [1.29, 1.82) is 0 Å². The molecule has 1 aliphatic heterocycles. The van der Waals surface area contributed by atoms with Gasteiger partial charge in [-0.25, -0.2) is 0 Å². The van der Waals surface area contributed by atoms with Gasteiger partial charge in [0.15, 0.2) is 0 Å². The maximum atomic E-state index is 12.0. The molecular formula is C16H29ClN2O. The first-order chi connectivity index (χ1) is 9.68. The molecule has 1 aliphatic carbocycles. The van der Waals surface area contributed by atoms with E-state index in [0.717, 1.165) is 6.54 Å².